The Balaban J connectivity index is 1.95. The number of carbonyl (C=O) groups excluding carboxylic acids is 1. The van der Waals surface area contributed by atoms with Crippen molar-refractivity contribution in [3.63, 3.8) is 0 Å². The summed E-state index contributed by atoms with van der Waals surface area (Å²) in [5.41, 5.74) is 0.799. The third-order valence-corrected chi connectivity index (χ3v) is 7.32. The molecule has 0 unspecified atom stereocenters. The molecule has 2 aromatic rings. The monoisotopic (exact) mass is 420 g/mol. The maximum atomic E-state index is 12.7. The topological polar surface area (TPSA) is 76.0 Å². The van der Waals surface area contributed by atoms with E-state index < -0.39 is 10.0 Å². The highest BCUT2D eigenvalue weighted by atomic mass is 32.2. The summed E-state index contributed by atoms with van der Waals surface area (Å²) in [6, 6.07) is 10.3. The van der Waals surface area contributed by atoms with Gasteiger partial charge >= 0.3 is 0 Å². The highest BCUT2D eigenvalue weighted by molar-refractivity contribution is 8.19. The van der Waals surface area contributed by atoms with E-state index in [-0.39, 0.29) is 21.8 Å². The molecule has 0 spiro atoms. The standard InChI is InChI=1S/C18H16N2O4S3/c1-3-10-20-17(21)15(12-13-6-8-14(24-2)9-7-13)26-18(20)19-27(22,23)16-5-4-11-25-16/h3-9,11-12H,1,10H2,2H3/b15-12-,19-18?. The van der Waals surface area contributed by atoms with Crippen LogP contribution in [0.2, 0.25) is 0 Å². The quantitative estimate of drug-likeness (QED) is 0.527. The first kappa shape index (κ1) is 19.4. The third-order valence-electron chi connectivity index (χ3n) is 3.56. The van der Waals surface area contributed by atoms with Crippen LogP contribution in [-0.2, 0) is 14.8 Å². The molecule has 1 fully saturated rings. The minimum absolute atomic E-state index is 0.119. The van der Waals surface area contributed by atoms with Gasteiger partial charge in [-0.15, -0.1) is 22.3 Å². The lowest BCUT2D eigenvalue weighted by Crippen LogP contribution is -2.29. The van der Waals surface area contributed by atoms with Gasteiger partial charge in [-0.1, -0.05) is 24.3 Å². The molecule has 0 atom stereocenters. The molecule has 0 radical (unpaired) electrons. The minimum atomic E-state index is -3.87. The van der Waals surface area contributed by atoms with E-state index in [0.717, 1.165) is 28.7 Å². The van der Waals surface area contributed by atoms with Crippen LogP contribution in [0.25, 0.3) is 6.08 Å². The van der Waals surface area contributed by atoms with Gasteiger partial charge in [-0.3, -0.25) is 9.69 Å². The van der Waals surface area contributed by atoms with E-state index in [2.05, 4.69) is 11.0 Å². The maximum absolute atomic E-state index is 12.7. The van der Waals surface area contributed by atoms with E-state index in [4.69, 9.17) is 4.74 Å². The summed E-state index contributed by atoms with van der Waals surface area (Å²) in [5, 5.41) is 1.78. The van der Waals surface area contributed by atoms with E-state index >= 15 is 0 Å². The third kappa shape index (κ3) is 4.32. The van der Waals surface area contributed by atoms with Crippen LogP contribution in [-0.4, -0.2) is 38.0 Å². The number of carbonyl (C=O) groups is 1. The second-order valence-electron chi connectivity index (χ2n) is 5.37. The Labute approximate surface area is 165 Å². The summed E-state index contributed by atoms with van der Waals surface area (Å²) < 4.78 is 34.0. The Morgan fingerprint density at radius 2 is 2.00 bits per heavy atom. The van der Waals surface area contributed by atoms with Crippen molar-refractivity contribution in [2.75, 3.05) is 13.7 Å². The molecule has 0 N–H and O–H groups in total. The van der Waals surface area contributed by atoms with Crippen LogP contribution in [0.5, 0.6) is 5.75 Å². The largest absolute Gasteiger partial charge is 0.497 e. The highest BCUT2D eigenvalue weighted by Crippen LogP contribution is 2.34. The number of hydrogen-bond donors (Lipinski definition) is 0. The molecular formula is C18H16N2O4S3. The van der Waals surface area contributed by atoms with Gasteiger partial charge in [0.1, 0.15) is 9.96 Å². The van der Waals surface area contributed by atoms with Gasteiger partial charge in [0, 0.05) is 6.54 Å². The van der Waals surface area contributed by atoms with Crippen molar-refractivity contribution < 1.29 is 17.9 Å². The van der Waals surface area contributed by atoms with Crippen LogP contribution in [0, 0.1) is 0 Å². The fourth-order valence-corrected chi connectivity index (χ4v) is 5.43. The number of ether oxygens (including phenoxy) is 1. The van der Waals surface area contributed by atoms with Gasteiger partial charge in [-0.2, -0.15) is 8.42 Å². The molecule has 1 aromatic heterocycles. The van der Waals surface area contributed by atoms with Crippen molar-refractivity contribution in [3.8, 4) is 5.75 Å². The first-order valence-corrected chi connectivity index (χ1v) is 10.9. The number of benzene rings is 1. The molecule has 3 rings (SSSR count). The van der Waals surface area contributed by atoms with Crippen LogP contribution in [0.4, 0.5) is 0 Å². The van der Waals surface area contributed by atoms with Crippen LogP contribution < -0.4 is 4.74 Å². The van der Waals surface area contributed by atoms with Crippen molar-refractivity contribution >= 4 is 50.3 Å². The second kappa shape index (κ2) is 8.12. The van der Waals surface area contributed by atoms with Gasteiger partial charge in [0.2, 0.25) is 0 Å². The zero-order valence-corrected chi connectivity index (χ0v) is 16.8. The van der Waals surface area contributed by atoms with E-state index in [1.165, 1.54) is 17.0 Å². The second-order valence-corrected chi connectivity index (χ2v) is 9.16. The Kier molecular flexibility index (Phi) is 5.83. The number of nitrogens with zero attached hydrogens (tertiary/aromatic N) is 2. The SMILES string of the molecule is C=CCN1C(=O)/C(=C/c2ccc(OC)cc2)SC1=NS(=O)(=O)c1cccs1. The summed E-state index contributed by atoms with van der Waals surface area (Å²) in [4.78, 5) is 14.4. The summed E-state index contributed by atoms with van der Waals surface area (Å²) in [6.07, 6.45) is 3.23. The Bertz CT molecular complexity index is 1010. The number of thioether (sulfide) groups is 1. The molecule has 6 nitrogen and oxygen atoms in total. The molecule has 1 aliphatic heterocycles. The average molecular weight is 421 g/mol. The number of thiophene rings is 1. The fourth-order valence-electron chi connectivity index (χ4n) is 2.28. The van der Waals surface area contributed by atoms with E-state index in [1.807, 2.05) is 12.1 Å². The molecule has 9 heteroatoms. The van der Waals surface area contributed by atoms with Gasteiger partial charge < -0.3 is 4.74 Å². The van der Waals surface area contributed by atoms with Crippen molar-refractivity contribution in [3.05, 3.63) is 64.9 Å². The normalized spacial score (nSPS) is 17.7. The van der Waals surface area contributed by atoms with Crippen molar-refractivity contribution in [2.24, 2.45) is 4.40 Å². The van der Waals surface area contributed by atoms with Crippen LogP contribution in [0.3, 0.4) is 0 Å². The maximum Gasteiger partial charge on any atom is 0.294 e. The number of rotatable bonds is 6. The first-order valence-electron chi connectivity index (χ1n) is 7.79. The Hall–Kier alpha value is -2.36. The summed E-state index contributed by atoms with van der Waals surface area (Å²) >= 11 is 2.11. The van der Waals surface area contributed by atoms with E-state index in [0.29, 0.717) is 10.7 Å². The zero-order chi connectivity index (χ0) is 19.4. The molecule has 0 aliphatic carbocycles. The smallest absolute Gasteiger partial charge is 0.294 e. The molecular weight excluding hydrogens is 404 g/mol. The van der Waals surface area contributed by atoms with Crippen LogP contribution in [0.15, 0.2) is 67.9 Å². The Morgan fingerprint density at radius 1 is 1.26 bits per heavy atom. The highest BCUT2D eigenvalue weighted by Gasteiger charge is 2.34. The van der Waals surface area contributed by atoms with E-state index in [9.17, 15) is 13.2 Å². The lowest BCUT2D eigenvalue weighted by molar-refractivity contribution is -0.121. The van der Waals surface area contributed by atoms with Crippen molar-refractivity contribution in [1.82, 2.24) is 4.90 Å². The van der Waals surface area contributed by atoms with E-state index in [1.54, 1.807) is 36.8 Å². The number of amides is 1. The van der Waals surface area contributed by atoms with Gasteiger partial charge in [0.05, 0.1) is 12.0 Å². The minimum Gasteiger partial charge on any atom is -0.497 e. The predicted molar refractivity (Wildman–Crippen MR) is 109 cm³/mol. The molecule has 0 saturated carbocycles. The van der Waals surface area contributed by atoms with Gasteiger partial charge in [-0.25, -0.2) is 0 Å². The molecule has 27 heavy (non-hydrogen) atoms. The van der Waals surface area contributed by atoms with Crippen LogP contribution in [0.1, 0.15) is 5.56 Å². The first-order chi connectivity index (χ1) is 12.9. The molecule has 1 saturated heterocycles. The van der Waals surface area contributed by atoms with Crippen molar-refractivity contribution in [2.45, 2.75) is 4.21 Å². The average Bonchev–Trinajstić information content (AvgIpc) is 3.28. The van der Waals surface area contributed by atoms with Crippen LogP contribution >= 0.6 is 23.1 Å². The lowest BCUT2D eigenvalue weighted by atomic mass is 10.2. The zero-order valence-electron chi connectivity index (χ0n) is 14.4. The number of amidine groups is 1. The van der Waals surface area contributed by atoms with Gasteiger partial charge in [0.15, 0.2) is 5.17 Å². The summed E-state index contributed by atoms with van der Waals surface area (Å²) in [6.45, 7) is 3.80. The molecule has 2 heterocycles. The van der Waals surface area contributed by atoms with Gasteiger partial charge in [0.25, 0.3) is 15.9 Å². The molecule has 140 valence electrons. The molecule has 0 bridgehead atoms. The van der Waals surface area contributed by atoms with Crippen molar-refractivity contribution in [1.29, 1.82) is 0 Å². The Morgan fingerprint density at radius 3 is 2.59 bits per heavy atom. The number of hydrogen-bond acceptors (Lipinski definition) is 6. The number of methoxy groups -OCH3 is 1. The lowest BCUT2D eigenvalue weighted by Gasteiger charge is -2.12. The fraction of sp³-hybridized carbons (Fsp3) is 0.111. The molecule has 1 aromatic carbocycles. The number of sulfonamides is 1. The van der Waals surface area contributed by atoms with Gasteiger partial charge in [-0.05, 0) is 47.0 Å². The molecule has 1 amide bonds. The summed E-state index contributed by atoms with van der Waals surface area (Å²) in [7, 11) is -2.29. The summed E-state index contributed by atoms with van der Waals surface area (Å²) in [5.74, 6) is 0.399. The molecule has 1 aliphatic rings. The predicted octanol–water partition coefficient (Wildman–Crippen LogP) is 3.60.